The van der Waals surface area contributed by atoms with E-state index in [0.29, 0.717) is 28.5 Å². The van der Waals surface area contributed by atoms with E-state index in [1.54, 1.807) is 30.5 Å². The number of carbonyl (C=O) groups is 2. The molecule has 8 nitrogen and oxygen atoms in total. The number of benzene rings is 1. The van der Waals surface area contributed by atoms with E-state index in [4.69, 9.17) is 11.6 Å². The summed E-state index contributed by atoms with van der Waals surface area (Å²) in [7, 11) is 0. The molecule has 0 saturated heterocycles. The summed E-state index contributed by atoms with van der Waals surface area (Å²) in [6.07, 6.45) is 6.77. The molecule has 8 heteroatoms. The zero-order valence-corrected chi connectivity index (χ0v) is 19.5. The van der Waals surface area contributed by atoms with Crippen LogP contribution in [0.1, 0.15) is 84.6 Å². The number of unbranched alkanes of at least 4 members (excludes halogenated alkanes) is 2. The third-order valence-corrected chi connectivity index (χ3v) is 5.75. The van der Waals surface area contributed by atoms with Crippen molar-refractivity contribution in [3.8, 4) is 11.3 Å². The van der Waals surface area contributed by atoms with E-state index in [1.165, 1.54) is 4.68 Å². The molecule has 3 rings (SSSR count). The summed E-state index contributed by atoms with van der Waals surface area (Å²) in [5.41, 5.74) is 8.42. The van der Waals surface area contributed by atoms with E-state index < -0.39 is 5.91 Å². The SMILES string of the molecule is CCCCCC(C)c1nc(-c2ccc(C(=O)Nc3cc(CC)ccn3)cc2)c(C(N)=O)n1N. The van der Waals surface area contributed by atoms with Crippen LogP contribution in [0.5, 0.6) is 0 Å². The Kier molecular flexibility index (Phi) is 7.82. The highest BCUT2D eigenvalue weighted by Gasteiger charge is 2.24. The second-order valence-corrected chi connectivity index (χ2v) is 8.23. The molecule has 2 aromatic heterocycles. The molecule has 0 radical (unpaired) electrons. The van der Waals surface area contributed by atoms with Gasteiger partial charge in [-0.2, -0.15) is 0 Å². The Labute approximate surface area is 194 Å². The lowest BCUT2D eigenvalue weighted by Crippen LogP contribution is -2.24. The number of pyridine rings is 1. The number of nitrogens with zero attached hydrogens (tertiary/aromatic N) is 3. The smallest absolute Gasteiger partial charge is 0.269 e. The lowest BCUT2D eigenvalue weighted by molar-refractivity contribution is 0.0991. The van der Waals surface area contributed by atoms with Gasteiger partial charge in [-0.05, 0) is 42.7 Å². The third-order valence-electron chi connectivity index (χ3n) is 5.75. The maximum Gasteiger partial charge on any atom is 0.269 e. The van der Waals surface area contributed by atoms with Crippen molar-refractivity contribution in [3.63, 3.8) is 0 Å². The van der Waals surface area contributed by atoms with Gasteiger partial charge in [0.05, 0.1) is 0 Å². The highest BCUT2D eigenvalue weighted by atomic mass is 16.2. The lowest BCUT2D eigenvalue weighted by Gasteiger charge is -2.11. The van der Waals surface area contributed by atoms with Gasteiger partial charge < -0.3 is 16.9 Å². The van der Waals surface area contributed by atoms with Crippen molar-refractivity contribution in [1.29, 1.82) is 0 Å². The van der Waals surface area contributed by atoms with Crippen LogP contribution < -0.4 is 16.9 Å². The van der Waals surface area contributed by atoms with Gasteiger partial charge in [0.1, 0.15) is 17.3 Å². The number of hydrogen-bond donors (Lipinski definition) is 3. The molecule has 174 valence electrons. The Bertz CT molecular complexity index is 1120. The zero-order valence-electron chi connectivity index (χ0n) is 19.5. The molecular formula is C25H32N6O2. The van der Waals surface area contributed by atoms with Crippen molar-refractivity contribution >= 4 is 17.6 Å². The van der Waals surface area contributed by atoms with Crippen LogP contribution in [0.25, 0.3) is 11.3 Å². The molecule has 5 N–H and O–H groups in total. The van der Waals surface area contributed by atoms with Crippen LogP contribution in [-0.4, -0.2) is 26.5 Å². The summed E-state index contributed by atoms with van der Waals surface area (Å²) in [6.45, 7) is 6.24. The van der Waals surface area contributed by atoms with Gasteiger partial charge in [0.2, 0.25) is 0 Å². The van der Waals surface area contributed by atoms with Crippen molar-refractivity contribution in [2.75, 3.05) is 11.2 Å². The summed E-state index contributed by atoms with van der Waals surface area (Å²) in [6, 6.07) is 10.6. The van der Waals surface area contributed by atoms with Gasteiger partial charge >= 0.3 is 0 Å². The number of aryl methyl sites for hydroxylation is 1. The van der Waals surface area contributed by atoms with Crippen LogP contribution in [-0.2, 0) is 6.42 Å². The molecule has 0 spiro atoms. The monoisotopic (exact) mass is 448 g/mol. The number of amides is 2. The minimum absolute atomic E-state index is 0.0878. The molecule has 0 bridgehead atoms. The largest absolute Gasteiger partial charge is 0.364 e. The van der Waals surface area contributed by atoms with E-state index in [-0.39, 0.29) is 17.5 Å². The van der Waals surface area contributed by atoms with Crippen LogP contribution >= 0.6 is 0 Å². The number of primary amides is 1. The number of nitrogen functional groups attached to an aromatic ring is 1. The van der Waals surface area contributed by atoms with Crippen molar-refractivity contribution in [2.45, 2.75) is 58.8 Å². The van der Waals surface area contributed by atoms with Crippen LogP contribution in [0.15, 0.2) is 42.6 Å². The van der Waals surface area contributed by atoms with Crippen molar-refractivity contribution in [3.05, 3.63) is 65.2 Å². The Morgan fingerprint density at radius 1 is 1.12 bits per heavy atom. The number of anilines is 1. The van der Waals surface area contributed by atoms with Gasteiger partial charge in [-0.3, -0.25) is 9.59 Å². The molecule has 1 unspecified atom stereocenters. The standard InChI is InChI=1S/C25H32N6O2/c1-4-6-7-8-16(3)24-30-21(22(23(26)32)31(24)27)18-9-11-19(12-10-18)25(33)29-20-15-17(5-2)13-14-28-20/h9-16H,4-8,27H2,1-3H3,(H2,26,32)(H,28,29,33). The minimum Gasteiger partial charge on any atom is -0.364 e. The van der Waals surface area contributed by atoms with Gasteiger partial charge in [-0.25, -0.2) is 14.6 Å². The minimum atomic E-state index is -0.643. The van der Waals surface area contributed by atoms with E-state index >= 15 is 0 Å². The van der Waals surface area contributed by atoms with E-state index in [2.05, 4.69) is 22.2 Å². The fourth-order valence-electron chi connectivity index (χ4n) is 3.79. The highest BCUT2D eigenvalue weighted by molar-refractivity contribution is 6.04. The molecule has 2 amide bonds. The predicted molar refractivity (Wildman–Crippen MR) is 130 cm³/mol. The molecule has 0 aliphatic heterocycles. The van der Waals surface area contributed by atoms with Gasteiger partial charge in [-0.1, -0.05) is 52.2 Å². The first-order valence-electron chi connectivity index (χ1n) is 11.4. The molecule has 0 saturated carbocycles. The Balaban J connectivity index is 1.84. The van der Waals surface area contributed by atoms with E-state index in [0.717, 1.165) is 37.7 Å². The zero-order chi connectivity index (χ0) is 24.0. The summed E-state index contributed by atoms with van der Waals surface area (Å²) >= 11 is 0. The Morgan fingerprint density at radius 3 is 2.48 bits per heavy atom. The molecular weight excluding hydrogens is 416 g/mol. The van der Waals surface area contributed by atoms with Gasteiger partial charge in [0.15, 0.2) is 5.69 Å². The molecule has 1 atom stereocenters. The summed E-state index contributed by atoms with van der Waals surface area (Å²) in [4.78, 5) is 33.7. The van der Waals surface area contributed by atoms with E-state index in [9.17, 15) is 9.59 Å². The topological polar surface area (TPSA) is 129 Å². The highest BCUT2D eigenvalue weighted by Crippen LogP contribution is 2.28. The van der Waals surface area contributed by atoms with Gasteiger partial charge in [0.25, 0.3) is 11.8 Å². The lowest BCUT2D eigenvalue weighted by atomic mass is 10.0. The van der Waals surface area contributed by atoms with Crippen LogP contribution in [0.4, 0.5) is 5.82 Å². The van der Waals surface area contributed by atoms with Gasteiger partial charge in [-0.15, -0.1) is 0 Å². The maximum atomic E-state index is 12.6. The number of aromatic nitrogens is 3. The van der Waals surface area contributed by atoms with Crippen molar-refractivity contribution in [2.24, 2.45) is 5.73 Å². The van der Waals surface area contributed by atoms with Crippen LogP contribution in [0.3, 0.4) is 0 Å². The molecule has 0 aliphatic carbocycles. The molecule has 2 heterocycles. The maximum absolute atomic E-state index is 12.6. The van der Waals surface area contributed by atoms with E-state index in [1.807, 2.05) is 26.0 Å². The third kappa shape index (κ3) is 5.58. The number of rotatable bonds is 10. The number of carbonyl (C=O) groups excluding carboxylic acids is 2. The summed E-state index contributed by atoms with van der Waals surface area (Å²) in [5, 5.41) is 2.81. The second-order valence-electron chi connectivity index (χ2n) is 8.23. The average molecular weight is 449 g/mol. The molecule has 0 fully saturated rings. The number of hydrogen-bond acceptors (Lipinski definition) is 5. The van der Waals surface area contributed by atoms with Crippen molar-refractivity contribution < 1.29 is 9.59 Å². The first kappa shape index (κ1) is 24.0. The first-order chi connectivity index (χ1) is 15.8. The number of imidazole rings is 1. The molecule has 0 aliphatic rings. The molecule has 33 heavy (non-hydrogen) atoms. The molecule has 3 aromatic rings. The number of nitrogens with one attached hydrogen (secondary N) is 1. The fourth-order valence-corrected chi connectivity index (χ4v) is 3.79. The molecule has 1 aromatic carbocycles. The second kappa shape index (κ2) is 10.8. The fraction of sp³-hybridized carbons (Fsp3) is 0.360. The number of nitrogens with two attached hydrogens (primary N) is 2. The normalized spacial score (nSPS) is 11.8. The summed E-state index contributed by atoms with van der Waals surface area (Å²) in [5.74, 6) is 6.52. The summed E-state index contributed by atoms with van der Waals surface area (Å²) < 4.78 is 1.31. The first-order valence-corrected chi connectivity index (χ1v) is 11.4. The van der Waals surface area contributed by atoms with Crippen molar-refractivity contribution in [1.82, 2.24) is 14.6 Å². The van der Waals surface area contributed by atoms with Gasteiger partial charge in [0, 0.05) is 23.2 Å². The Morgan fingerprint density at radius 2 is 1.85 bits per heavy atom. The van der Waals surface area contributed by atoms with Crippen LogP contribution in [0, 0.1) is 0 Å². The van der Waals surface area contributed by atoms with Crippen LogP contribution in [0.2, 0.25) is 0 Å². The quantitative estimate of drug-likeness (QED) is 0.315. The Hall–Kier alpha value is -3.68. The average Bonchev–Trinajstić information content (AvgIpc) is 3.16. The predicted octanol–water partition coefficient (Wildman–Crippen LogP) is 4.26.